The van der Waals surface area contributed by atoms with E-state index < -0.39 is 32.5 Å². The van der Waals surface area contributed by atoms with Crippen LogP contribution in [0.4, 0.5) is 21.8 Å². The molecule has 3 aliphatic heterocycles. The summed E-state index contributed by atoms with van der Waals surface area (Å²) in [5, 5.41) is 19.3. The molecule has 7 heterocycles. The number of ketones is 1. The lowest BCUT2D eigenvalue weighted by Gasteiger charge is -2.38. The number of likely N-dealkylation sites (N-methyl/N-ethyl adjacent to an activating group) is 1. The number of carbonyl (C=O) groups is 4. The number of carbonyl (C=O) groups excluding carboxylic acids is 4. The van der Waals surface area contributed by atoms with Crippen LogP contribution in [0.1, 0.15) is 115 Å². The van der Waals surface area contributed by atoms with Gasteiger partial charge in [0.2, 0.25) is 17.6 Å². The molecule has 9 rings (SSSR count). The minimum absolute atomic E-state index is 0. The summed E-state index contributed by atoms with van der Waals surface area (Å²) in [4.78, 5) is 83.3. The number of hydrogen-bond donors (Lipinski definition) is 4. The molecular formula is C53H70FN13O7S5. The van der Waals surface area contributed by atoms with Gasteiger partial charge in [0.15, 0.2) is 15.7 Å². The van der Waals surface area contributed by atoms with E-state index in [0.717, 1.165) is 30.5 Å². The number of fused-ring (bicyclic) bond motifs is 1. The lowest BCUT2D eigenvalue weighted by molar-refractivity contribution is -0.139. The van der Waals surface area contributed by atoms with E-state index in [1.54, 1.807) is 68.3 Å². The molecule has 20 nitrogen and oxygen atoms in total. The van der Waals surface area contributed by atoms with E-state index >= 15 is 0 Å². The third-order valence-electron chi connectivity index (χ3n) is 14.9. The van der Waals surface area contributed by atoms with Crippen molar-refractivity contribution in [2.75, 3.05) is 56.6 Å². The number of sulfone groups is 1. The Hall–Kier alpha value is -5.93. The van der Waals surface area contributed by atoms with Crippen molar-refractivity contribution in [3.05, 3.63) is 99.5 Å². The molecule has 3 aliphatic rings. The van der Waals surface area contributed by atoms with E-state index in [9.17, 15) is 32.0 Å². The van der Waals surface area contributed by atoms with Crippen molar-refractivity contribution in [1.82, 2.24) is 55.6 Å². The minimum Gasteiger partial charge on any atom is -0.492 e. The first-order chi connectivity index (χ1) is 36.3. The summed E-state index contributed by atoms with van der Waals surface area (Å²) in [6.45, 7) is 13.3. The van der Waals surface area contributed by atoms with Crippen LogP contribution in [0.15, 0.2) is 65.4 Å². The van der Waals surface area contributed by atoms with Gasteiger partial charge >= 0.3 is 0 Å². The number of H-pyrrole nitrogens is 1. The quantitative estimate of drug-likeness (QED) is 0.0724. The maximum Gasteiger partial charge on any atom is 0.274 e. The number of likely N-dealkylation sites (tertiary alicyclic amines) is 2. The molecular weight excluding hydrogens is 1110 g/mol. The SMILES string of the molecule is CN[C@@H](C)C(=O)N[C@H](C(=O)N1CCC[C@H]1c1nc(C(=O)c2ccc(F)cc2)cs1)C1CCN(C(=O)c2cnc(N3CCC(COc4cc5ncnc(Nc6n[nH]c(C)c6C)c5cc4S(=O)(=O)C(C)(C)C)CC3)cn2)CC1.S.S.S. The molecule has 6 aromatic rings. The van der Waals surface area contributed by atoms with Gasteiger partial charge in [-0.15, -0.1) is 11.3 Å². The molecule has 0 aliphatic carbocycles. The van der Waals surface area contributed by atoms with Gasteiger partial charge in [-0.2, -0.15) is 45.6 Å². The summed E-state index contributed by atoms with van der Waals surface area (Å²) in [7, 11) is -2.19. The second-order valence-corrected chi connectivity index (χ2v) is 24.4. The molecule has 3 saturated heterocycles. The number of nitrogens with zero attached hydrogens (tertiary/aromatic N) is 9. The van der Waals surface area contributed by atoms with Crippen LogP contribution in [0.3, 0.4) is 0 Å². The summed E-state index contributed by atoms with van der Waals surface area (Å²) in [6.07, 6.45) is 8.29. The molecule has 3 atom stereocenters. The van der Waals surface area contributed by atoms with E-state index in [0.29, 0.717) is 90.9 Å². The normalized spacial score (nSPS) is 17.0. The maximum absolute atomic E-state index is 14.6. The van der Waals surface area contributed by atoms with Crippen LogP contribution in [-0.4, -0.2) is 140 Å². The van der Waals surface area contributed by atoms with Crippen molar-refractivity contribution in [3.8, 4) is 5.75 Å². The predicted molar refractivity (Wildman–Crippen MR) is 316 cm³/mol. The van der Waals surface area contributed by atoms with Gasteiger partial charge in [0.05, 0.1) is 41.3 Å². The van der Waals surface area contributed by atoms with Gasteiger partial charge in [-0.3, -0.25) is 24.3 Å². The zero-order valence-electron chi connectivity index (χ0n) is 45.2. The molecule has 0 spiro atoms. The van der Waals surface area contributed by atoms with E-state index in [2.05, 4.69) is 56.0 Å². The number of hydrogen-bond acceptors (Lipinski definition) is 17. The molecule has 0 bridgehead atoms. The number of rotatable bonds is 16. The smallest absolute Gasteiger partial charge is 0.274 e. The van der Waals surface area contributed by atoms with Gasteiger partial charge < -0.3 is 35.4 Å². The number of benzene rings is 2. The third kappa shape index (κ3) is 13.5. The predicted octanol–water partition coefficient (Wildman–Crippen LogP) is 6.84. The Kier molecular flexibility index (Phi) is 20.6. The molecule has 26 heteroatoms. The number of anilines is 3. The standard InChI is InChI=1S/C53H64FN13O7S2.3H2S/c1-30-31(2)63-64-47(30)62-48-37-23-43(76(72,73)53(4,5)6)42(24-38(37)58-29-59-48)74-27-33-14-19-65(20-15-33)44-26-56-39(25-57-44)51(70)66-21-16-34(17-22-66)45(61-49(69)32(3)55-7)52(71)67-18-8-9-41(67)50-60-40(28-75-50)46(68)35-10-12-36(54)13-11-35;;;/h10-13,23-26,28-29,32-34,41,45,55H,8-9,14-22,27H2,1-7H3,(H,61,69)(H2,58,59,62,63,64);3*1H2/t32-,41-,45-;;;/m0.../s1. The van der Waals surface area contributed by atoms with Crippen LogP contribution in [0, 0.1) is 31.5 Å². The van der Waals surface area contributed by atoms with Crippen molar-refractivity contribution in [3.63, 3.8) is 0 Å². The molecule has 426 valence electrons. The van der Waals surface area contributed by atoms with Crippen molar-refractivity contribution in [1.29, 1.82) is 0 Å². The second-order valence-electron chi connectivity index (χ2n) is 20.8. The lowest BCUT2D eigenvalue weighted by Crippen LogP contribution is -2.57. The van der Waals surface area contributed by atoms with Gasteiger partial charge in [-0.1, -0.05) is 0 Å². The fourth-order valence-corrected chi connectivity index (χ4v) is 12.1. The Morgan fingerprint density at radius 3 is 2.23 bits per heavy atom. The van der Waals surface area contributed by atoms with Gasteiger partial charge in [0.25, 0.3) is 5.91 Å². The molecule has 0 radical (unpaired) electrons. The average Bonchev–Trinajstić information content (AvgIpc) is 4.25. The highest BCUT2D eigenvalue weighted by Gasteiger charge is 2.42. The summed E-state index contributed by atoms with van der Waals surface area (Å²) in [6, 6.07) is 6.75. The summed E-state index contributed by atoms with van der Waals surface area (Å²) in [5.74, 6) is 0.115. The summed E-state index contributed by atoms with van der Waals surface area (Å²) < 4.78 is 46.9. The van der Waals surface area contributed by atoms with Crippen LogP contribution in [0.5, 0.6) is 5.75 Å². The molecule has 3 fully saturated rings. The van der Waals surface area contributed by atoms with Crippen LogP contribution in [-0.2, 0) is 19.4 Å². The molecule has 0 unspecified atom stereocenters. The number of amides is 3. The van der Waals surface area contributed by atoms with Crippen LogP contribution in [0.25, 0.3) is 10.9 Å². The zero-order valence-corrected chi connectivity index (χ0v) is 49.9. The average molecular weight is 1180 g/mol. The molecule has 4 aromatic heterocycles. The number of piperidine rings is 2. The van der Waals surface area contributed by atoms with Crippen molar-refractivity contribution < 1.29 is 36.7 Å². The van der Waals surface area contributed by atoms with Crippen LogP contribution < -0.4 is 25.6 Å². The third-order valence-corrected chi connectivity index (χ3v) is 18.4. The number of ether oxygens (including phenoxy) is 1. The van der Waals surface area contributed by atoms with Crippen molar-refractivity contribution in [2.45, 2.75) is 108 Å². The first-order valence-electron chi connectivity index (χ1n) is 25.7. The van der Waals surface area contributed by atoms with E-state index in [1.165, 1.54) is 48.1 Å². The van der Waals surface area contributed by atoms with Gasteiger partial charge in [-0.25, -0.2) is 37.7 Å². The number of aromatic amines is 1. The molecule has 4 N–H and O–H groups in total. The van der Waals surface area contributed by atoms with E-state index in [1.807, 2.05) is 13.8 Å². The topological polar surface area (TPSA) is 251 Å². The Morgan fingerprint density at radius 2 is 1.59 bits per heavy atom. The van der Waals surface area contributed by atoms with Crippen LogP contribution >= 0.6 is 51.8 Å². The minimum atomic E-state index is -3.87. The van der Waals surface area contributed by atoms with E-state index in [-0.39, 0.29) is 111 Å². The number of aromatic nitrogens is 7. The Balaban J connectivity index is 0.00000336. The fourth-order valence-electron chi connectivity index (χ4n) is 9.81. The van der Waals surface area contributed by atoms with E-state index in [4.69, 9.17) is 4.74 Å². The first kappa shape index (κ1) is 62.3. The Morgan fingerprint density at radius 1 is 0.886 bits per heavy atom. The highest BCUT2D eigenvalue weighted by Crippen LogP contribution is 2.39. The number of thiazole rings is 1. The number of halogens is 1. The highest BCUT2D eigenvalue weighted by atomic mass is 32.2. The van der Waals surface area contributed by atoms with Gasteiger partial charge in [-0.05, 0) is 129 Å². The van der Waals surface area contributed by atoms with Gasteiger partial charge in [0.1, 0.15) is 56.9 Å². The summed E-state index contributed by atoms with van der Waals surface area (Å²) >= 11 is 1.30. The van der Waals surface area contributed by atoms with Crippen molar-refractivity contribution in [2.24, 2.45) is 11.8 Å². The highest BCUT2D eigenvalue weighted by molar-refractivity contribution is 7.92. The largest absolute Gasteiger partial charge is 0.492 e. The molecule has 79 heavy (non-hydrogen) atoms. The van der Waals surface area contributed by atoms with Crippen molar-refractivity contribution >= 4 is 114 Å². The maximum atomic E-state index is 14.6. The van der Waals surface area contributed by atoms with Crippen LogP contribution in [0.2, 0.25) is 0 Å². The fraction of sp³-hybridized carbons (Fsp3) is 0.472. The van der Waals surface area contributed by atoms with Gasteiger partial charge in [0, 0.05) is 66.4 Å². The summed E-state index contributed by atoms with van der Waals surface area (Å²) in [5.41, 5.74) is 3.06. The first-order valence-corrected chi connectivity index (χ1v) is 28.0. The number of nitrogens with one attached hydrogen (secondary N) is 4. The molecule has 0 saturated carbocycles. The number of aryl methyl sites for hydroxylation is 1. The zero-order chi connectivity index (χ0) is 54.1. The molecule has 2 aromatic carbocycles. The monoisotopic (exact) mass is 1180 g/mol. The Bertz CT molecular complexity index is 3230. The Labute approximate surface area is 484 Å². The lowest BCUT2D eigenvalue weighted by atomic mass is 9.88. The second kappa shape index (κ2) is 26.1. The molecule has 3 amide bonds.